The summed E-state index contributed by atoms with van der Waals surface area (Å²) < 4.78 is 23.4. The standard InChI is InChI=1S/C24H28N4O5S/c1-30-18-7-8-19(31-2)22-21(18)26-24(34-22)28-13-11-27(12-14-28)10-9-25-23(29)20-15-32-16-5-3-4-6-17(16)33-20/h3-8,20H,9-15H2,1-2H3,(H,25,29). The molecule has 10 heteroatoms. The number of carbonyl (C=O) groups is 1. The van der Waals surface area contributed by atoms with Crippen molar-refractivity contribution >= 4 is 32.6 Å². The molecule has 1 atom stereocenters. The molecule has 180 valence electrons. The Morgan fingerprint density at radius 3 is 2.59 bits per heavy atom. The van der Waals surface area contributed by atoms with E-state index in [1.807, 2.05) is 36.4 Å². The number of nitrogens with zero attached hydrogens (tertiary/aromatic N) is 3. The fraction of sp³-hybridized carbons (Fsp3) is 0.417. The molecule has 9 nitrogen and oxygen atoms in total. The van der Waals surface area contributed by atoms with Crippen molar-refractivity contribution in [3.05, 3.63) is 36.4 Å². The van der Waals surface area contributed by atoms with E-state index >= 15 is 0 Å². The quantitative estimate of drug-likeness (QED) is 0.547. The Bertz CT molecular complexity index is 1120. The normalized spacial score (nSPS) is 18.1. The first-order chi connectivity index (χ1) is 16.7. The van der Waals surface area contributed by atoms with E-state index in [-0.39, 0.29) is 12.5 Å². The van der Waals surface area contributed by atoms with Crippen molar-refractivity contribution in [1.29, 1.82) is 0 Å². The highest BCUT2D eigenvalue weighted by atomic mass is 32.1. The third-order valence-corrected chi connectivity index (χ3v) is 7.20. The number of hydrogen-bond acceptors (Lipinski definition) is 9. The lowest BCUT2D eigenvalue weighted by atomic mass is 10.2. The van der Waals surface area contributed by atoms with Crippen LogP contribution in [-0.2, 0) is 4.79 Å². The van der Waals surface area contributed by atoms with Crippen LogP contribution in [0.1, 0.15) is 0 Å². The van der Waals surface area contributed by atoms with Gasteiger partial charge in [-0.15, -0.1) is 0 Å². The Morgan fingerprint density at radius 2 is 1.82 bits per heavy atom. The van der Waals surface area contributed by atoms with E-state index in [1.165, 1.54) is 0 Å². The summed E-state index contributed by atoms with van der Waals surface area (Å²) in [5, 5.41) is 3.95. The lowest BCUT2D eigenvalue weighted by Crippen LogP contribution is -2.50. The molecule has 0 spiro atoms. The second-order valence-corrected chi connectivity index (χ2v) is 9.11. The van der Waals surface area contributed by atoms with Gasteiger partial charge in [0.05, 0.1) is 14.2 Å². The van der Waals surface area contributed by atoms with Crippen LogP contribution in [0.5, 0.6) is 23.0 Å². The van der Waals surface area contributed by atoms with Gasteiger partial charge in [-0.3, -0.25) is 9.69 Å². The summed E-state index contributed by atoms with van der Waals surface area (Å²) in [5.74, 6) is 2.70. The van der Waals surface area contributed by atoms with Crippen LogP contribution in [0.15, 0.2) is 36.4 Å². The molecule has 2 aromatic carbocycles. The molecule has 1 amide bonds. The van der Waals surface area contributed by atoms with E-state index in [0.717, 1.165) is 59.6 Å². The predicted octanol–water partition coefficient (Wildman–Crippen LogP) is 2.39. The monoisotopic (exact) mass is 484 g/mol. The lowest BCUT2D eigenvalue weighted by molar-refractivity contribution is -0.130. The number of amides is 1. The molecule has 0 saturated carbocycles. The molecule has 1 unspecified atom stereocenters. The van der Waals surface area contributed by atoms with Crippen LogP contribution in [0.3, 0.4) is 0 Å². The van der Waals surface area contributed by atoms with Crippen molar-refractivity contribution in [3.63, 3.8) is 0 Å². The van der Waals surface area contributed by atoms with Gasteiger partial charge in [-0.25, -0.2) is 4.98 Å². The van der Waals surface area contributed by atoms with Crippen LogP contribution in [0.25, 0.3) is 10.2 Å². The van der Waals surface area contributed by atoms with E-state index in [4.69, 9.17) is 23.9 Å². The van der Waals surface area contributed by atoms with E-state index in [1.54, 1.807) is 25.6 Å². The first-order valence-electron chi connectivity index (χ1n) is 11.3. The highest BCUT2D eigenvalue weighted by molar-refractivity contribution is 7.22. The second kappa shape index (κ2) is 9.94. The van der Waals surface area contributed by atoms with Gasteiger partial charge in [-0.1, -0.05) is 23.5 Å². The van der Waals surface area contributed by atoms with Crippen LogP contribution >= 0.6 is 11.3 Å². The number of piperazine rings is 1. The smallest absolute Gasteiger partial charge is 0.264 e. The molecule has 0 radical (unpaired) electrons. The molecule has 1 N–H and O–H groups in total. The molecule has 0 bridgehead atoms. The fourth-order valence-electron chi connectivity index (χ4n) is 4.17. The number of anilines is 1. The second-order valence-electron chi connectivity index (χ2n) is 8.13. The van der Waals surface area contributed by atoms with Gasteiger partial charge in [0.25, 0.3) is 5.91 Å². The Hall–Kier alpha value is -3.24. The van der Waals surface area contributed by atoms with Crippen LogP contribution in [0.2, 0.25) is 0 Å². The average Bonchev–Trinajstić information content (AvgIpc) is 3.34. The highest BCUT2D eigenvalue weighted by Gasteiger charge is 2.27. The van der Waals surface area contributed by atoms with Crippen molar-refractivity contribution in [1.82, 2.24) is 15.2 Å². The summed E-state index contributed by atoms with van der Waals surface area (Å²) in [6, 6.07) is 11.2. The van der Waals surface area contributed by atoms with Gasteiger partial charge in [0.15, 0.2) is 16.6 Å². The summed E-state index contributed by atoms with van der Waals surface area (Å²) in [6.07, 6.45) is -0.625. The number of thiazole rings is 1. The zero-order valence-corrected chi connectivity index (χ0v) is 20.1. The zero-order chi connectivity index (χ0) is 23.5. The third-order valence-electron chi connectivity index (χ3n) is 6.07. The van der Waals surface area contributed by atoms with E-state index in [0.29, 0.717) is 18.0 Å². The number of carbonyl (C=O) groups excluding carboxylic acids is 1. The number of fused-ring (bicyclic) bond motifs is 2. The topological polar surface area (TPSA) is 85.4 Å². The van der Waals surface area contributed by atoms with E-state index < -0.39 is 6.10 Å². The minimum Gasteiger partial charge on any atom is -0.495 e. The number of nitrogens with one attached hydrogen (secondary N) is 1. The van der Waals surface area contributed by atoms with Crippen LogP contribution in [-0.4, -0.2) is 82.0 Å². The van der Waals surface area contributed by atoms with Gasteiger partial charge in [0.1, 0.15) is 28.3 Å². The summed E-state index contributed by atoms with van der Waals surface area (Å²) >= 11 is 1.63. The fourth-order valence-corrected chi connectivity index (χ4v) is 5.30. The Balaban J connectivity index is 1.11. The maximum atomic E-state index is 12.5. The molecule has 3 aromatic rings. The highest BCUT2D eigenvalue weighted by Crippen LogP contribution is 2.40. The largest absolute Gasteiger partial charge is 0.495 e. The predicted molar refractivity (Wildman–Crippen MR) is 131 cm³/mol. The number of methoxy groups -OCH3 is 2. The van der Waals surface area contributed by atoms with Crippen molar-refractivity contribution < 1.29 is 23.7 Å². The number of hydrogen-bond donors (Lipinski definition) is 1. The van der Waals surface area contributed by atoms with Crippen molar-refractivity contribution in [2.75, 3.05) is 65.0 Å². The summed E-state index contributed by atoms with van der Waals surface area (Å²) in [4.78, 5) is 22.0. The molecular weight excluding hydrogens is 456 g/mol. The molecule has 34 heavy (non-hydrogen) atoms. The van der Waals surface area contributed by atoms with Gasteiger partial charge in [-0.05, 0) is 24.3 Å². The van der Waals surface area contributed by atoms with Crippen molar-refractivity contribution in [2.24, 2.45) is 0 Å². The summed E-state index contributed by atoms with van der Waals surface area (Å²) in [7, 11) is 3.33. The first kappa shape index (κ1) is 22.5. The van der Waals surface area contributed by atoms with Gasteiger partial charge < -0.3 is 29.2 Å². The molecule has 5 rings (SSSR count). The SMILES string of the molecule is COc1ccc(OC)c2sc(N3CCN(CCNC(=O)C4COc5ccccc5O4)CC3)nc12. The number of para-hydroxylation sites is 2. The Labute approximate surface area is 202 Å². The molecule has 0 aliphatic carbocycles. The van der Waals surface area contributed by atoms with Crippen molar-refractivity contribution in [3.8, 4) is 23.0 Å². The number of benzene rings is 2. The maximum absolute atomic E-state index is 12.5. The number of ether oxygens (including phenoxy) is 4. The molecule has 2 aliphatic rings. The van der Waals surface area contributed by atoms with E-state index in [9.17, 15) is 4.79 Å². The Kier molecular flexibility index (Phi) is 6.59. The average molecular weight is 485 g/mol. The molecular formula is C24H28N4O5S. The number of rotatable bonds is 7. The lowest BCUT2D eigenvalue weighted by Gasteiger charge is -2.34. The van der Waals surface area contributed by atoms with Crippen LogP contribution < -0.4 is 29.2 Å². The Morgan fingerprint density at radius 1 is 1.09 bits per heavy atom. The molecule has 1 aromatic heterocycles. The van der Waals surface area contributed by atoms with Gasteiger partial charge >= 0.3 is 0 Å². The summed E-state index contributed by atoms with van der Waals surface area (Å²) in [6.45, 7) is 5.11. The molecule has 2 aliphatic heterocycles. The first-order valence-corrected chi connectivity index (χ1v) is 12.1. The van der Waals surface area contributed by atoms with Gasteiger partial charge in [0, 0.05) is 39.3 Å². The zero-order valence-electron chi connectivity index (χ0n) is 19.3. The van der Waals surface area contributed by atoms with Crippen LogP contribution in [0, 0.1) is 0 Å². The minimum absolute atomic E-state index is 0.148. The maximum Gasteiger partial charge on any atom is 0.264 e. The van der Waals surface area contributed by atoms with Gasteiger partial charge in [-0.2, -0.15) is 0 Å². The van der Waals surface area contributed by atoms with E-state index in [2.05, 4.69) is 15.1 Å². The number of aromatic nitrogens is 1. The molecule has 1 fully saturated rings. The molecule has 3 heterocycles. The minimum atomic E-state index is -0.625. The third kappa shape index (κ3) is 4.55. The van der Waals surface area contributed by atoms with Gasteiger partial charge in [0.2, 0.25) is 6.10 Å². The van der Waals surface area contributed by atoms with Crippen LogP contribution in [0.4, 0.5) is 5.13 Å². The summed E-state index contributed by atoms with van der Waals surface area (Å²) in [5.41, 5.74) is 0.837. The van der Waals surface area contributed by atoms with Crippen molar-refractivity contribution in [2.45, 2.75) is 6.10 Å². The molecule has 1 saturated heterocycles.